The van der Waals surface area contributed by atoms with E-state index in [2.05, 4.69) is 20.7 Å². The van der Waals surface area contributed by atoms with E-state index < -0.39 is 0 Å². The lowest BCUT2D eigenvalue weighted by Crippen LogP contribution is -2.09. The van der Waals surface area contributed by atoms with E-state index >= 15 is 0 Å². The van der Waals surface area contributed by atoms with Gasteiger partial charge in [-0.15, -0.1) is 0 Å². The SMILES string of the molecule is CNc1nccc(NN)n1. The molecule has 1 rings (SSSR count). The summed E-state index contributed by atoms with van der Waals surface area (Å²) >= 11 is 0. The summed E-state index contributed by atoms with van der Waals surface area (Å²) in [5, 5.41) is 2.78. The Morgan fingerprint density at radius 3 is 3.00 bits per heavy atom. The standard InChI is InChI=1S/C5H9N5/c1-7-5-8-3-2-4(9-5)10-6/h2-3H,6H2,1H3,(H2,7,8,9,10). The van der Waals surface area contributed by atoms with Crippen LogP contribution in [0.3, 0.4) is 0 Å². The number of anilines is 2. The van der Waals surface area contributed by atoms with Crippen molar-refractivity contribution in [2.45, 2.75) is 0 Å². The molecule has 0 aliphatic heterocycles. The number of hydrogen-bond acceptors (Lipinski definition) is 5. The van der Waals surface area contributed by atoms with Crippen LogP contribution in [-0.4, -0.2) is 17.0 Å². The van der Waals surface area contributed by atoms with Gasteiger partial charge in [0.1, 0.15) is 5.82 Å². The molecule has 4 N–H and O–H groups in total. The third-order valence-corrected chi connectivity index (χ3v) is 1.03. The number of nitrogens with two attached hydrogens (primary N) is 1. The minimum atomic E-state index is 0.551. The molecule has 0 atom stereocenters. The molecule has 0 amide bonds. The Kier molecular flexibility index (Phi) is 2.01. The van der Waals surface area contributed by atoms with Crippen LogP contribution in [0.15, 0.2) is 12.3 Å². The van der Waals surface area contributed by atoms with Crippen LogP contribution in [0.5, 0.6) is 0 Å². The highest BCUT2D eigenvalue weighted by Crippen LogP contribution is 2.01. The Bertz CT molecular complexity index is 192. The first kappa shape index (κ1) is 6.76. The molecule has 0 saturated carbocycles. The molecule has 5 heteroatoms. The Morgan fingerprint density at radius 2 is 2.40 bits per heavy atom. The third kappa shape index (κ3) is 1.32. The zero-order valence-electron chi connectivity index (χ0n) is 5.63. The van der Waals surface area contributed by atoms with Crippen molar-refractivity contribution in [3.8, 4) is 0 Å². The van der Waals surface area contributed by atoms with Crippen LogP contribution in [0.4, 0.5) is 11.8 Å². The van der Waals surface area contributed by atoms with Crippen molar-refractivity contribution in [1.82, 2.24) is 9.97 Å². The van der Waals surface area contributed by atoms with Gasteiger partial charge in [0.15, 0.2) is 0 Å². The molecule has 0 aromatic carbocycles. The molecule has 0 radical (unpaired) electrons. The van der Waals surface area contributed by atoms with Crippen LogP contribution in [-0.2, 0) is 0 Å². The monoisotopic (exact) mass is 139 g/mol. The smallest absolute Gasteiger partial charge is 0.224 e. The zero-order valence-corrected chi connectivity index (χ0v) is 5.63. The normalized spacial score (nSPS) is 9.00. The molecule has 54 valence electrons. The molecule has 0 spiro atoms. The number of aromatic nitrogens is 2. The zero-order chi connectivity index (χ0) is 7.40. The lowest BCUT2D eigenvalue weighted by atomic mass is 10.6. The number of nitrogens with zero attached hydrogens (tertiary/aromatic N) is 2. The van der Waals surface area contributed by atoms with Gasteiger partial charge in [-0.2, -0.15) is 4.98 Å². The van der Waals surface area contributed by atoms with Crippen LogP contribution in [0, 0.1) is 0 Å². The van der Waals surface area contributed by atoms with Gasteiger partial charge in [0.25, 0.3) is 0 Å². The highest BCUT2D eigenvalue weighted by atomic mass is 15.3. The first-order valence-corrected chi connectivity index (χ1v) is 2.84. The Morgan fingerprint density at radius 1 is 1.60 bits per heavy atom. The van der Waals surface area contributed by atoms with Crippen molar-refractivity contribution in [2.75, 3.05) is 17.8 Å². The first-order valence-electron chi connectivity index (χ1n) is 2.84. The maximum atomic E-state index is 5.11. The highest BCUT2D eigenvalue weighted by molar-refractivity contribution is 5.37. The van der Waals surface area contributed by atoms with E-state index in [1.54, 1.807) is 19.3 Å². The molecule has 1 heterocycles. The van der Waals surface area contributed by atoms with Crippen molar-refractivity contribution in [1.29, 1.82) is 0 Å². The average molecular weight is 139 g/mol. The predicted molar refractivity (Wildman–Crippen MR) is 39.4 cm³/mol. The van der Waals surface area contributed by atoms with Crippen molar-refractivity contribution >= 4 is 11.8 Å². The largest absolute Gasteiger partial charge is 0.357 e. The highest BCUT2D eigenvalue weighted by Gasteiger charge is 1.91. The summed E-state index contributed by atoms with van der Waals surface area (Å²) in [7, 11) is 1.75. The molecule has 0 saturated heterocycles. The second kappa shape index (κ2) is 2.98. The van der Waals surface area contributed by atoms with Crippen LogP contribution < -0.4 is 16.6 Å². The van der Waals surface area contributed by atoms with E-state index in [1.807, 2.05) is 0 Å². The summed E-state index contributed by atoms with van der Waals surface area (Å²) in [6.45, 7) is 0. The average Bonchev–Trinajstić information content (AvgIpc) is 2.05. The van der Waals surface area contributed by atoms with E-state index in [-0.39, 0.29) is 0 Å². The Balaban J connectivity index is 2.87. The second-order valence-electron chi connectivity index (χ2n) is 1.66. The van der Waals surface area contributed by atoms with Gasteiger partial charge in [-0.05, 0) is 0 Å². The van der Waals surface area contributed by atoms with E-state index in [1.165, 1.54) is 0 Å². The number of hydrogen-bond donors (Lipinski definition) is 3. The van der Waals surface area contributed by atoms with Crippen molar-refractivity contribution in [3.05, 3.63) is 12.3 Å². The molecule has 0 aliphatic rings. The first-order chi connectivity index (χ1) is 4.86. The Labute approximate surface area is 58.6 Å². The topological polar surface area (TPSA) is 75.9 Å². The van der Waals surface area contributed by atoms with Gasteiger partial charge in [0, 0.05) is 19.3 Å². The van der Waals surface area contributed by atoms with Crippen molar-refractivity contribution < 1.29 is 0 Å². The van der Waals surface area contributed by atoms with Gasteiger partial charge in [-0.1, -0.05) is 0 Å². The molecule has 0 unspecified atom stereocenters. The van der Waals surface area contributed by atoms with E-state index in [4.69, 9.17) is 5.84 Å². The summed E-state index contributed by atoms with van der Waals surface area (Å²) in [6, 6.07) is 1.68. The van der Waals surface area contributed by atoms with Gasteiger partial charge in [-0.25, -0.2) is 10.8 Å². The quantitative estimate of drug-likeness (QED) is 0.391. The predicted octanol–water partition coefficient (Wildman–Crippen LogP) is -0.196. The molecule has 5 nitrogen and oxygen atoms in total. The van der Waals surface area contributed by atoms with Crippen molar-refractivity contribution in [2.24, 2.45) is 5.84 Å². The van der Waals surface area contributed by atoms with Gasteiger partial charge >= 0.3 is 0 Å². The number of rotatable bonds is 2. The minimum absolute atomic E-state index is 0.551. The van der Waals surface area contributed by atoms with E-state index in [0.717, 1.165) is 0 Å². The van der Waals surface area contributed by atoms with Crippen molar-refractivity contribution in [3.63, 3.8) is 0 Å². The second-order valence-corrected chi connectivity index (χ2v) is 1.66. The van der Waals surface area contributed by atoms with Crippen LogP contribution in [0.2, 0.25) is 0 Å². The summed E-state index contributed by atoms with van der Waals surface area (Å²) in [6.07, 6.45) is 1.62. The fourth-order valence-corrected chi connectivity index (χ4v) is 0.560. The van der Waals surface area contributed by atoms with E-state index in [0.29, 0.717) is 11.8 Å². The maximum absolute atomic E-state index is 5.11. The van der Waals surface area contributed by atoms with Crippen LogP contribution in [0.25, 0.3) is 0 Å². The van der Waals surface area contributed by atoms with E-state index in [9.17, 15) is 0 Å². The van der Waals surface area contributed by atoms with Gasteiger partial charge < -0.3 is 10.7 Å². The third-order valence-electron chi connectivity index (χ3n) is 1.03. The molecular weight excluding hydrogens is 130 g/mol. The van der Waals surface area contributed by atoms with Crippen LogP contribution >= 0.6 is 0 Å². The fraction of sp³-hybridized carbons (Fsp3) is 0.200. The lowest BCUT2D eigenvalue weighted by Gasteiger charge is -1.99. The lowest BCUT2D eigenvalue weighted by molar-refractivity contribution is 1.13. The summed E-state index contributed by atoms with van der Waals surface area (Å²) in [4.78, 5) is 7.84. The molecular formula is C5H9N5. The fourth-order valence-electron chi connectivity index (χ4n) is 0.560. The van der Waals surface area contributed by atoms with Gasteiger partial charge in [-0.3, -0.25) is 0 Å². The molecule has 0 aliphatic carbocycles. The molecule has 0 fully saturated rings. The summed E-state index contributed by atoms with van der Waals surface area (Å²) < 4.78 is 0. The number of nitrogen functional groups attached to an aromatic ring is 1. The number of hydrazine groups is 1. The Hall–Kier alpha value is -1.36. The molecule has 10 heavy (non-hydrogen) atoms. The minimum Gasteiger partial charge on any atom is -0.357 e. The molecule has 0 bridgehead atoms. The van der Waals surface area contributed by atoms with Crippen LogP contribution in [0.1, 0.15) is 0 Å². The summed E-state index contributed by atoms with van der Waals surface area (Å²) in [5.74, 6) is 6.25. The number of nitrogens with one attached hydrogen (secondary N) is 2. The molecule has 1 aromatic rings. The summed E-state index contributed by atoms with van der Waals surface area (Å²) in [5.41, 5.74) is 2.41. The molecule has 1 aromatic heterocycles. The van der Waals surface area contributed by atoms with Gasteiger partial charge in [0.05, 0.1) is 0 Å². The maximum Gasteiger partial charge on any atom is 0.224 e. The van der Waals surface area contributed by atoms with Gasteiger partial charge in [0.2, 0.25) is 5.95 Å².